The predicted molar refractivity (Wildman–Crippen MR) is 107 cm³/mol. The summed E-state index contributed by atoms with van der Waals surface area (Å²) >= 11 is 5.41. The Kier molecular flexibility index (Phi) is 7.22. The molecule has 2 rings (SSSR count). The van der Waals surface area contributed by atoms with Gasteiger partial charge in [-0.1, -0.05) is 55.8 Å². The van der Waals surface area contributed by atoms with Crippen molar-refractivity contribution >= 4 is 23.0 Å². The number of nitrogens with one attached hydrogen (secondary N) is 2. The van der Waals surface area contributed by atoms with E-state index in [0.717, 1.165) is 31.9 Å². The molecule has 0 aliphatic rings. The van der Waals surface area contributed by atoms with Crippen molar-refractivity contribution < 1.29 is 0 Å². The first-order chi connectivity index (χ1) is 11.6. The molecule has 3 nitrogen and oxygen atoms in total. The molecule has 0 unspecified atom stereocenters. The van der Waals surface area contributed by atoms with Gasteiger partial charge in [-0.15, -0.1) is 0 Å². The number of thiocarbonyl (C=S) groups is 1. The zero-order valence-electron chi connectivity index (χ0n) is 14.8. The van der Waals surface area contributed by atoms with Crippen molar-refractivity contribution in [1.82, 2.24) is 10.2 Å². The Morgan fingerprint density at radius 3 is 2.21 bits per heavy atom. The average Bonchev–Trinajstić information content (AvgIpc) is 2.60. The van der Waals surface area contributed by atoms with Gasteiger partial charge in [0.2, 0.25) is 0 Å². The molecule has 0 saturated carbocycles. The van der Waals surface area contributed by atoms with E-state index in [0.29, 0.717) is 5.11 Å². The van der Waals surface area contributed by atoms with Gasteiger partial charge in [-0.25, -0.2) is 0 Å². The zero-order chi connectivity index (χ0) is 17.4. The predicted octanol–water partition coefficient (Wildman–Crippen LogP) is 4.32. The lowest BCUT2D eigenvalue weighted by Gasteiger charge is -2.20. The highest BCUT2D eigenvalue weighted by molar-refractivity contribution is 7.80. The summed E-state index contributed by atoms with van der Waals surface area (Å²) in [5, 5.41) is 7.19. The molecule has 0 spiro atoms. The van der Waals surface area contributed by atoms with E-state index < -0.39 is 0 Å². The third-order valence-corrected chi connectivity index (χ3v) is 4.40. The molecule has 0 atom stereocenters. The molecule has 0 fully saturated rings. The highest BCUT2D eigenvalue weighted by Gasteiger charge is 2.06. The summed E-state index contributed by atoms with van der Waals surface area (Å²) in [4.78, 5) is 2.42. The van der Waals surface area contributed by atoms with Crippen molar-refractivity contribution in [2.75, 3.05) is 18.4 Å². The molecule has 4 heteroatoms. The molecule has 0 heterocycles. The number of hydrogen-bond acceptors (Lipinski definition) is 2. The Morgan fingerprint density at radius 1 is 0.958 bits per heavy atom. The fourth-order valence-corrected chi connectivity index (χ4v) is 2.75. The van der Waals surface area contributed by atoms with Gasteiger partial charge in [0.1, 0.15) is 0 Å². The highest BCUT2D eigenvalue weighted by atomic mass is 32.1. The van der Waals surface area contributed by atoms with E-state index >= 15 is 0 Å². The lowest BCUT2D eigenvalue weighted by atomic mass is 10.1. The van der Waals surface area contributed by atoms with Gasteiger partial charge in [-0.3, -0.25) is 4.90 Å². The van der Waals surface area contributed by atoms with Crippen LogP contribution in [-0.4, -0.2) is 23.1 Å². The van der Waals surface area contributed by atoms with Gasteiger partial charge in [-0.05, 0) is 55.5 Å². The molecule has 0 aromatic heterocycles. The summed E-state index contributed by atoms with van der Waals surface area (Å²) < 4.78 is 0. The number of anilines is 1. The molecule has 0 aliphatic heterocycles. The summed E-state index contributed by atoms with van der Waals surface area (Å²) in [6.45, 7) is 10.3. The molecule has 0 radical (unpaired) electrons. The van der Waals surface area contributed by atoms with E-state index in [2.05, 4.69) is 72.7 Å². The minimum absolute atomic E-state index is 0.650. The third-order valence-electron chi connectivity index (χ3n) is 4.16. The van der Waals surface area contributed by atoms with Crippen LogP contribution >= 0.6 is 12.2 Å². The fraction of sp³-hybridized carbons (Fsp3) is 0.350. The van der Waals surface area contributed by atoms with Gasteiger partial charge in [-0.2, -0.15) is 0 Å². The van der Waals surface area contributed by atoms with E-state index in [-0.39, 0.29) is 0 Å². The largest absolute Gasteiger partial charge is 0.358 e. The minimum Gasteiger partial charge on any atom is -0.358 e. The molecule has 128 valence electrons. The Bertz CT molecular complexity index is 648. The first-order valence-electron chi connectivity index (χ1n) is 8.53. The molecule has 0 saturated heterocycles. The zero-order valence-corrected chi connectivity index (χ0v) is 15.6. The van der Waals surface area contributed by atoms with E-state index in [4.69, 9.17) is 12.2 Å². The van der Waals surface area contributed by atoms with Crippen molar-refractivity contribution in [3.63, 3.8) is 0 Å². The van der Waals surface area contributed by atoms with E-state index in [1.807, 2.05) is 12.1 Å². The van der Waals surface area contributed by atoms with Crippen LogP contribution in [0.1, 0.15) is 30.5 Å². The summed E-state index contributed by atoms with van der Waals surface area (Å²) in [5.41, 5.74) is 4.89. The Hall–Kier alpha value is -1.91. The van der Waals surface area contributed by atoms with Crippen molar-refractivity contribution in [2.45, 2.75) is 33.9 Å². The molecule has 2 aromatic rings. The SMILES string of the molecule is CCN(CC)Cc1ccccc1CNC(=S)Nc1ccc(C)cc1. The van der Waals surface area contributed by atoms with E-state index in [9.17, 15) is 0 Å². The number of nitrogens with zero attached hydrogens (tertiary/aromatic N) is 1. The first kappa shape index (κ1) is 18.4. The smallest absolute Gasteiger partial charge is 0.171 e. The lowest BCUT2D eigenvalue weighted by Crippen LogP contribution is -2.29. The quantitative estimate of drug-likeness (QED) is 0.733. The van der Waals surface area contributed by atoms with Crippen LogP contribution in [0.3, 0.4) is 0 Å². The van der Waals surface area contributed by atoms with Gasteiger partial charge in [0.15, 0.2) is 5.11 Å². The second kappa shape index (κ2) is 9.40. The lowest BCUT2D eigenvalue weighted by molar-refractivity contribution is 0.295. The summed E-state index contributed by atoms with van der Waals surface area (Å²) in [5.74, 6) is 0. The molecule has 2 N–H and O–H groups in total. The molecular formula is C20H27N3S. The van der Waals surface area contributed by atoms with Gasteiger partial charge < -0.3 is 10.6 Å². The van der Waals surface area contributed by atoms with E-state index in [1.165, 1.54) is 16.7 Å². The van der Waals surface area contributed by atoms with E-state index in [1.54, 1.807) is 0 Å². The maximum atomic E-state index is 5.41. The monoisotopic (exact) mass is 341 g/mol. The molecule has 0 amide bonds. The van der Waals surface area contributed by atoms with Crippen LogP contribution in [0.25, 0.3) is 0 Å². The normalized spacial score (nSPS) is 10.7. The van der Waals surface area contributed by atoms with Gasteiger partial charge in [0.25, 0.3) is 0 Å². The summed E-state index contributed by atoms with van der Waals surface area (Å²) in [6, 6.07) is 16.8. The van der Waals surface area contributed by atoms with Crippen LogP contribution in [0.4, 0.5) is 5.69 Å². The first-order valence-corrected chi connectivity index (χ1v) is 8.93. The van der Waals surface area contributed by atoms with Crippen molar-refractivity contribution in [3.05, 3.63) is 65.2 Å². The Balaban J connectivity index is 1.93. The standard InChI is InChI=1S/C20H27N3S/c1-4-23(5-2)15-18-9-7-6-8-17(18)14-21-20(24)22-19-12-10-16(3)11-13-19/h6-13H,4-5,14-15H2,1-3H3,(H2,21,22,24). The summed E-state index contributed by atoms with van der Waals surface area (Å²) in [7, 11) is 0. The van der Waals surface area contributed by atoms with Crippen LogP contribution in [0, 0.1) is 6.92 Å². The Morgan fingerprint density at radius 2 is 1.58 bits per heavy atom. The van der Waals surface area contributed by atoms with Crippen LogP contribution < -0.4 is 10.6 Å². The van der Waals surface area contributed by atoms with Crippen LogP contribution in [0.2, 0.25) is 0 Å². The minimum atomic E-state index is 0.650. The maximum absolute atomic E-state index is 5.41. The third kappa shape index (κ3) is 5.62. The van der Waals surface area contributed by atoms with Gasteiger partial charge in [0, 0.05) is 18.8 Å². The molecule has 0 aliphatic carbocycles. The van der Waals surface area contributed by atoms with Crippen molar-refractivity contribution in [2.24, 2.45) is 0 Å². The number of benzene rings is 2. The van der Waals surface area contributed by atoms with Crippen LogP contribution in [0.5, 0.6) is 0 Å². The van der Waals surface area contributed by atoms with Crippen molar-refractivity contribution in [3.8, 4) is 0 Å². The Labute approximate surface area is 151 Å². The number of rotatable bonds is 7. The molecule has 0 bridgehead atoms. The topological polar surface area (TPSA) is 27.3 Å². The number of hydrogen-bond donors (Lipinski definition) is 2. The highest BCUT2D eigenvalue weighted by Crippen LogP contribution is 2.12. The maximum Gasteiger partial charge on any atom is 0.171 e. The second-order valence-corrected chi connectivity index (χ2v) is 6.31. The second-order valence-electron chi connectivity index (χ2n) is 5.90. The average molecular weight is 342 g/mol. The summed E-state index contributed by atoms with van der Waals surface area (Å²) in [6.07, 6.45) is 0. The molecule has 2 aromatic carbocycles. The van der Waals surface area contributed by atoms with Crippen molar-refractivity contribution in [1.29, 1.82) is 0 Å². The van der Waals surface area contributed by atoms with Crippen LogP contribution in [-0.2, 0) is 13.1 Å². The van der Waals surface area contributed by atoms with Gasteiger partial charge in [0.05, 0.1) is 0 Å². The number of aryl methyl sites for hydroxylation is 1. The molecule has 24 heavy (non-hydrogen) atoms. The molecular weight excluding hydrogens is 314 g/mol. The van der Waals surface area contributed by atoms with Crippen LogP contribution in [0.15, 0.2) is 48.5 Å². The van der Waals surface area contributed by atoms with Gasteiger partial charge >= 0.3 is 0 Å². The fourth-order valence-electron chi connectivity index (χ4n) is 2.56.